The second-order valence-electron chi connectivity index (χ2n) is 4.35. The molecule has 5 nitrogen and oxygen atoms in total. The number of hydrogen-bond donors (Lipinski definition) is 0. The Bertz CT molecular complexity index is 372. The van der Waals surface area contributed by atoms with Crippen LogP contribution in [0.15, 0.2) is 0 Å². The Kier molecular flexibility index (Phi) is 1.48. The maximum atomic E-state index is 11.5. The summed E-state index contributed by atoms with van der Waals surface area (Å²) in [6.45, 7) is 0. The largest absolute Gasteiger partial charge is 0.393 e. The van der Waals surface area contributed by atoms with Crippen LogP contribution in [0.2, 0.25) is 0 Å². The molecule has 5 heteroatoms. The van der Waals surface area contributed by atoms with Crippen molar-refractivity contribution in [3.8, 4) is 0 Å². The molecule has 0 aromatic heterocycles. The lowest BCUT2D eigenvalue weighted by Crippen LogP contribution is -2.24. The van der Waals surface area contributed by atoms with Crippen molar-refractivity contribution in [1.82, 2.24) is 0 Å². The second kappa shape index (κ2) is 2.53. The standard InChI is InChI=1S/C10H8O5/c11-5-2-6(12)7-3(5)1-4-8(7)10(14)15-9(4)13/h3-4,7-8H,1-2H2. The molecule has 15 heavy (non-hydrogen) atoms. The van der Waals surface area contributed by atoms with Gasteiger partial charge in [0.2, 0.25) is 0 Å². The van der Waals surface area contributed by atoms with Crippen molar-refractivity contribution >= 4 is 23.5 Å². The van der Waals surface area contributed by atoms with Crippen molar-refractivity contribution in [2.24, 2.45) is 23.7 Å². The van der Waals surface area contributed by atoms with E-state index in [0.29, 0.717) is 6.42 Å². The van der Waals surface area contributed by atoms with Crippen LogP contribution >= 0.6 is 0 Å². The Morgan fingerprint density at radius 3 is 2.33 bits per heavy atom. The highest BCUT2D eigenvalue weighted by Gasteiger charge is 2.62. The monoisotopic (exact) mass is 208 g/mol. The van der Waals surface area contributed by atoms with Gasteiger partial charge in [0.05, 0.1) is 18.3 Å². The summed E-state index contributed by atoms with van der Waals surface area (Å²) in [6.07, 6.45) is 0.227. The van der Waals surface area contributed by atoms with E-state index in [0.717, 1.165) is 0 Å². The lowest BCUT2D eigenvalue weighted by molar-refractivity contribution is -0.155. The van der Waals surface area contributed by atoms with Crippen LogP contribution in [0.4, 0.5) is 0 Å². The summed E-state index contributed by atoms with van der Waals surface area (Å²) in [5.74, 6) is -3.75. The molecule has 2 aliphatic carbocycles. The van der Waals surface area contributed by atoms with Crippen molar-refractivity contribution in [3.63, 3.8) is 0 Å². The smallest absolute Gasteiger partial charge is 0.318 e. The van der Waals surface area contributed by atoms with E-state index in [1.165, 1.54) is 0 Å². The third kappa shape index (κ3) is 0.926. The van der Waals surface area contributed by atoms with Gasteiger partial charge in [0.15, 0.2) is 0 Å². The highest BCUT2D eigenvalue weighted by atomic mass is 16.6. The fourth-order valence-corrected chi connectivity index (χ4v) is 3.04. The number of fused-ring (bicyclic) bond motifs is 3. The molecule has 0 radical (unpaired) electrons. The van der Waals surface area contributed by atoms with Gasteiger partial charge >= 0.3 is 11.9 Å². The fourth-order valence-electron chi connectivity index (χ4n) is 3.04. The zero-order chi connectivity index (χ0) is 10.7. The number of ketones is 2. The van der Waals surface area contributed by atoms with Gasteiger partial charge in [-0.2, -0.15) is 0 Å². The summed E-state index contributed by atoms with van der Waals surface area (Å²) in [5, 5.41) is 0. The minimum Gasteiger partial charge on any atom is -0.393 e. The van der Waals surface area contributed by atoms with Crippen LogP contribution < -0.4 is 0 Å². The van der Waals surface area contributed by atoms with Gasteiger partial charge < -0.3 is 4.74 Å². The van der Waals surface area contributed by atoms with Gasteiger partial charge in [0.1, 0.15) is 11.6 Å². The molecular formula is C10H8O5. The molecule has 2 saturated carbocycles. The molecular weight excluding hydrogens is 200 g/mol. The van der Waals surface area contributed by atoms with Gasteiger partial charge in [0.25, 0.3) is 0 Å². The fraction of sp³-hybridized carbons (Fsp3) is 0.600. The van der Waals surface area contributed by atoms with E-state index in [2.05, 4.69) is 4.74 Å². The normalized spacial score (nSPS) is 43.2. The first kappa shape index (κ1) is 8.76. The van der Waals surface area contributed by atoms with Gasteiger partial charge in [-0.1, -0.05) is 0 Å². The number of carbonyl (C=O) groups excluding carboxylic acids is 4. The zero-order valence-electron chi connectivity index (χ0n) is 7.76. The van der Waals surface area contributed by atoms with Crippen molar-refractivity contribution in [1.29, 1.82) is 0 Å². The molecule has 3 rings (SSSR count). The zero-order valence-corrected chi connectivity index (χ0v) is 7.76. The van der Waals surface area contributed by atoms with E-state index in [-0.39, 0.29) is 18.0 Å². The number of hydrogen-bond acceptors (Lipinski definition) is 5. The van der Waals surface area contributed by atoms with Crippen LogP contribution in [0.25, 0.3) is 0 Å². The average molecular weight is 208 g/mol. The van der Waals surface area contributed by atoms with Crippen LogP contribution in [-0.4, -0.2) is 23.5 Å². The third-order valence-corrected chi connectivity index (χ3v) is 3.67. The van der Waals surface area contributed by atoms with E-state index in [9.17, 15) is 19.2 Å². The Hall–Kier alpha value is -1.52. The Morgan fingerprint density at radius 2 is 1.60 bits per heavy atom. The molecule has 0 aromatic rings. The lowest BCUT2D eigenvalue weighted by atomic mass is 9.89. The summed E-state index contributed by atoms with van der Waals surface area (Å²) in [5.41, 5.74) is 0. The predicted molar refractivity (Wildman–Crippen MR) is 44.3 cm³/mol. The quantitative estimate of drug-likeness (QED) is 0.395. The number of carbonyl (C=O) groups is 4. The summed E-state index contributed by atoms with van der Waals surface area (Å²) >= 11 is 0. The molecule has 0 spiro atoms. The molecule has 1 saturated heterocycles. The highest BCUT2D eigenvalue weighted by Crippen LogP contribution is 2.50. The summed E-state index contributed by atoms with van der Waals surface area (Å²) in [6, 6.07) is 0. The first-order valence-corrected chi connectivity index (χ1v) is 4.90. The van der Waals surface area contributed by atoms with Crippen molar-refractivity contribution in [2.75, 3.05) is 0 Å². The number of rotatable bonds is 0. The molecule has 0 bridgehead atoms. The minimum absolute atomic E-state index is 0.0833. The van der Waals surface area contributed by atoms with Crippen LogP contribution in [-0.2, 0) is 23.9 Å². The van der Waals surface area contributed by atoms with Crippen LogP contribution in [0, 0.1) is 23.7 Å². The second-order valence-corrected chi connectivity index (χ2v) is 4.35. The predicted octanol–water partition coefficient (Wildman–Crippen LogP) is -0.520. The van der Waals surface area contributed by atoms with Gasteiger partial charge in [-0.15, -0.1) is 0 Å². The topological polar surface area (TPSA) is 77.5 Å². The van der Waals surface area contributed by atoms with Gasteiger partial charge in [-0.3, -0.25) is 19.2 Å². The Balaban J connectivity index is 2.03. The highest BCUT2D eigenvalue weighted by molar-refractivity contribution is 6.13. The molecule has 3 aliphatic rings. The maximum absolute atomic E-state index is 11.5. The Labute approximate surface area is 84.8 Å². The minimum atomic E-state index is -0.679. The van der Waals surface area contributed by atoms with Gasteiger partial charge in [-0.05, 0) is 6.42 Å². The lowest BCUT2D eigenvalue weighted by Gasteiger charge is -2.09. The molecule has 1 aliphatic heterocycles. The molecule has 0 amide bonds. The molecule has 3 fully saturated rings. The molecule has 0 aromatic carbocycles. The van der Waals surface area contributed by atoms with E-state index in [1.807, 2.05) is 0 Å². The number of esters is 2. The van der Waals surface area contributed by atoms with Gasteiger partial charge in [0, 0.05) is 11.8 Å². The van der Waals surface area contributed by atoms with Crippen molar-refractivity contribution in [2.45, 2.75) is 12.8 Å². The third-order valence-electron chi connectivity index (χ3n) is 3.67. The summed E-state index contributed by atoms with van der Waals surface area (Å²) in [7, 11) is 0. The number of ether oxygens (including phenoxy) is 1. The van der Waals surface area contributed by atoms with Crippen LogP contribution in [0.3, 0.4) is 0 Å². The molecule has 4 unspecified atom stereocenters. The average Bonchev–Trinajstić information content (AvgIpc) is 2.72. The van der Waals surface area contributed by atoms with Crippen LogP contribution in [0.1, 0.15) is 12.8 Å². The first-order valence-electron chi connectivity index (χ1n) is 4.90. The molecule has 1 heterocycles. The van der Waals surface area contributed by atoms with Crippen molar-refractivity contribution < 1.29 is 23.9 Å². The molecule has 4 atom stereocenters. The van der Waals surface area contributed by atoms with E-state index in [1.54, 1.807) is 0 Å². The first-order chi connectivity index (χ1) is 7.09. The summed E-state index contributed by atoms with van der Waals surface area (Å²) in [4.78, 5) is 45.5. The van der Waals surface area contributed by atoms with E-state index in [4.69, 9.17) is 0 Å². The Morgan fingerprint density at radius 1 is 0.867 bits per heavy atom. The molecule has 0 N–H and O–H groups in total. The molecule has 78 valence electrons. The number of Topliss-reactive ketones (excluding diaryl/α,β-unsaturated/α-hetero) is 2. The number of cyclic esters (lactones) is 2. The van der Waals surface area contributed by atoms with E-state index >= 15 is 0 Å². The van der Waals surface area contributed by atoms with Crippen molar-refractivity contribution in [3.05, 3.63) is 0 Å². The van der Waals surface area contributed by atoms with E-state index < -0.39 is 35.6 Å². The SMILES string of the molecule is O=C1CC(=O)C2C1CC1C(=O)OC(=O)C12. The maximum Gasteiger partial charge on any atom is 0.318 e. The van der Waals surface area contributed by atoms with Crippen LogP contribution in [0.5, 0.6) is 0 Å². The van der Waals surface area contributed by atoms with Gasteiger partial charge in [-0.25, -0.2) is 0 Å². The summed E-state index contributed by atoms with van der Waals surface area (Å²) < 4.78 is 4.48.